The van der Waals surface area contributed by atoms with Gasteiger partial charge in [-0.1, -0.05) is 53.3 Å². The lowest BCUT2D eigenvalue weighted by atomic mass is 10.2. The average molecular weight is 557 g/mol. The molecule has 0 atom stereocenters. The zero-order valence-electron chi connectivity index (χ0n) is 21.2. The molecule has 0 aliphatic heterocycles. The van der Waals surface area contributed by atoms with Crippen LogP contribution in [0.25, 0.3) is 10.2 Å². The van der Waals surface area contributed by atoms with Crippen molar-refractivity contribution in [3.63, 3.8) is 0 Å². The normalized spacial score (nSPS) is 12.0. The Morgan fingerprint density at radius 3 is 2.30 bits per heavy atom. The van der Waals surface area contributed by atoms with E-state index in [1.807, 2.05) is 68.4 Å². The van der Waals surface area contributed by atoms with Crippen molar-refractivity contribution in [2.45, 2.75) is 18.4 Å². The summed E-state index contributed by atoms with van der Waals surface area (Å²) in [5, 5.41) is 1.20. The number of halogens is 1. The Kier molecular flexibility index (Phi) is 8.30. The number of fused-ring (bicyclic) bond motifs is 1. The highest BCUT2D eigenvalue weighted by molar-refractivity contribution is 7.89. The number of carbonyl (C=O) groups excluding carboxylic acids is 1. The van der Waals surface area contributed by atoms with Gasteiger partial charge in [0.05, 0.1) is 15.1 Å². The van der Waals surface area contributed by atoms with Crippen LogP contribution in [0.1, 0.15) is 21.5 Å². The van der Waals surface area contributed by atoms with E-state index in [0.29, 0.717) is 28.8 Å². The fourth-order valence-electron chi connectivity index (χ4n) is 3.87. The Balaban J connectivity index is 1.60. The first kappa shape index (κ1) is 27.2. The van der Waals surface area contributed by atoms with E-state index in [0.717, 1.165) is 21.3 Å². The maximum Gasteiger partial charge on any atom is 0.260 e. The van der Waals surface area contributed by atoms with Gasteiger partial charge in [-0.2, -0.15) is 4.31 Å². The van der Waals surface area contributed by atoms with Crippen molar-refractivity contribution in [1.82, 2.24) is 14.2 Å². The lowest BCUT2D eigenvalue weighted by molar-refractivity contribution is 0.0985. The summed E-state index contributed by atoms with van der Waals surface area (Å²) in [5.74, 6) is -0.244. The van der Waals surface area contributed by atoms with Crippen LogP contribution in [-0.4, -0.2) is 62.7 Å². The van der Waals surface area contributed by atoms with Crippen molar-refractivity contribution >= 4 is 54.2 Å². The third-order valence-corrected chi connectivity index (χ3v) is 9.00. The highest BCUT2D eigenvalue weighted by Gasteiger charge is 2.25. The Labute approximate surface area is 227 Å². The van der Waals surface area contributed by atoms with Crippen molar-refractivity contribution in [2.24, 2.45) is 0 Å². The van der Waals surface area contributed by atoms with Gasteiger partial charge in [0.15, 0.2) is 5.13 Å². The molecule has 1 heterocycles. The first-order chi connectivity index (χ1) is 17.6. The molecule has 4 rings (SSSR count). The molecule has 1 aromatic heterocycles. The number of nitrogens with zero attached hydrogens (tertiary/aromatic N) is 4. The molecule has 0 unspecified atom stereocenters. The van der Waals surface area contributed by atoms with Crippen molar-refractivity contribution in [3.8, 4) is 0 Å². The smallest absolute Gasteiger partial charge is 0.260 e. The van der Waals surface area contributed by atoms with Crippen LogP contribution in [0.4, 0.5) is 5.13 Å². The summed E-state index contributed by atoms with van der Waals surface area (Å²) < 4.78 is 28.4. The minimum Gasteiger partial charge on any atom is -0.308 e. The number of benzene rings is 3. The van der Waals surface area contributed by atoms with Gasteiger partial charge in [0.25, 0.3) is 5.91 Å². The minimum absolute atomic E-state index is 0.132. The van der Waals surface area contributed by atoms with E-state index >= 15 is 0 Å². The molecule has 0 spiro atoms. The van der Waals surface area contributed by atoms with Gasteiger partial charge < -0.3 is 4.90 Å². The largest absolute Gasteiger partial charge is 0.308 e. The number of hydrogen-bond donors (Lipinski definition) is 0. The molecule has 0 aliphatic carbocycles. The predicted molar refractivity (Wildman–Crippen MR) is 151 cm³/mol. The second kappa shape index (κ2) is 11.3. The molecule has 10 heteroatoms. The van der Waals surface area contributed by atoms with E-state index in [9.17, 15) is 13.2 Å². The summed E-state index contributed by atoms with van der Waals surface area (Å²) in [6.07, 6.45) is 0. The molecule has 37 heavy (non-hydrogen) atoms. The molecule has 0 radical (unpaired) electrons. The van der Waals surface area contributed by atoms with Crippen LogP contribution in [0.15, 0.2) is 71.6 Å². The molecule has 0 saturated heterocycles. The minimum atomic E-state index is -3.72. The molecular weight excluding hydrogens is 528 g/mol. The monoisotopic (exact) mass is 556 g/mol. The maximum absolute atomic E-state index is 13.6. The average Bonchev–Trinajstić information content (AvgIpc) is 3.28. The Hall–Kier alpha value is -2.82. The van der Waals surface area contributed by atoms with E-state index in [2.05, 4.69) is 0 Å². The first-order valence-corrected chi connectivity index (χ1v) is 14.3. The molecule has 0 N–H and O–H groups in total. The number of carbonyl (C=O) groups is 1. The van der Waals surface area contributed by atoms with Crippen LogP contribution in [-0.2, 0) is 16.6 Å². The number of thiazole rings is 1. The molecule has 0 fully saturated rings. The second-order valence-corrected chi connectivity index (χ2v) is 12.6. The third-order valence-electron chi connectivity index (χ3n) is 5.94. The number of anilines is 1. The van der Waals surface area contributed by atoms with Crippen LogP contribution < -0.4 is 4.90 Å². The summed E-state index contributed by atoms with van der Waals surface area (Å²) in [7, 11) is 1.71. The third kappa shape index (κ3) is 6.19. The lowest BCUT2D eigenvalue weighted by Crippen LogP contribution is -2.36. The molecule has 0 bridgehead atoms. The maximum atomic E-state index is 13.6. The number of amides is 1. The number of aryl methyl sites for hydroxylation is 1. The fourth-order valence-corrected chi connectivity index (χ4v) is 6.48. The van der Waals surface area contributed by atoms with E-state index in [1.165, 1.54) is 27.8 Å². The van der Waals surface area contributed by atoms with Gasteiger partial charge in [-0.3, -0.25) is 9.69 Å². The van der Waals surface area contributed by atoms with Crippen molar-refractivity contribution < 1.29 is 13.2 Å². The van der Waals surface area contributed by atoms with Crippen LogP contribution in [0.3, 0.4) is 0 Å². The van der Waals surface area contributed by atoms with E-state index in [-0.39, 0.29) is 17.3 Å². The summed E-state index contributed by atoms with van der Waals surface area (Å²) >= 11 is 7.64. The zero-order chi connectivity index (χ0) is 26.7. The Morgan fingerprint density at radius 1 is 0.973 bits per heavy atom. The summed E-state index contributed by atoms with van der Waals surface area (Å²) in [6.45, 7) is 3.26. The van der Waals surface area contributed by atoms with E-state index in [4.69, 9.17) is 16.6 Å². The van der Waals surface area contributed by atoms with E-state index in [1.54, 1.807) is 24.1 Å². The highest BCUT2D eigenvalue weighted by atomic mass is 35.5. The lowest BCUT2D eigenvalue weighted by Gasteiger charge is -2.22. The number of hydrogen-bond acceptors (Lipinski definition) is 6. The molecule has 0 aliphatic rings. The second-order valence-electron chi connectivity index (χ2n) is 9.10. The number of aromatic nitrogens is 1. The number of rotatable bonds is 9. The van der Waals surface area contributed by atoms with E-state index < -0.39 is 10.0 Å². The Morgan fingerprint density at radius 2 is 1.65 bits per heavy atom. The van der Waals surface area contributed by atoms with Gasteiger partial charge in [-0.05, 0) is 68.5 Å². The molecule has 1 amide bonds. The molecule has 0 saturated carbocycles. The molecule has 4 aromatic rings. The SMILES string of the molecule is Cc1cc(Cl)cc2sc(N(CCN(C)C)C(=O)c3ccc(S(=O)(=O)N(C)Cc4ccccc4)cc3)nc12. The van der Waals surface area contributed by atoms with Gasteiger partial charge in [-0.25, -0.2) is 13.4 Å². The van der Waals surface area contributed by atoms with Crippen LogP contribution in [0, 0.1) is 6.92 Å². The van der Waals surface area contributed by atoms with Crippen LogP contribution in [0.2, 0.25) is 5.02 Å². The Bertz CT molecular complexity index is 1500. The predicted octanol–water partition coefficient (Wildman–Crippen LogP) is 5.29. The van der Waals surface area contributed by atoms with Gasteiger partial charge >= 0.3 is 0 Å². The van der Waals surface area contributed by atoms with Crippen LogP contribution >= 0.6 is 22.9 Å². The summed E-state index contributed by atoms with van der Waals surface area (Å²) in [4.78, 5) is 22.1. The molecular formula is C27H29ClN4O3S2. The number of likely N-dealkylation sites (N-methyl/N-ethyl adjacent to an activating group) is 1. The summed E-state index contributed by atoms with van der Waals surface area (Å²) in [6, 6.07) is 19.2. The van der Waals surface area contributed by atoms with Gasteiger partial charge in [0.1, 0.15) is 0 Å². The van der Waals surface area contributed by atoms with Gasteiger partial charge in [0, 0.05) is 37.3 Å². The van der Waals surface area contributed by atoms with Gasteiger partial charge in [-0.15, -0.1) is 0 Å². The molecule has 7 nitrogen and oxygen atoms in total. The van der Waals surface area contributed by atoms with Crippen molar-refractivity contribution in [1.29, 1.82) is 0 Å². The quantitative estimate of drug-likeness (QED) is 0.280. The van der Waals surface area contributed by atoms with Crippen molar-refractivity contribution in [3.05, 3.63) is 88.4 Å². The fraction of sp³-hybridized carbons (Fsp3) is 0.259. The zero-order valence-corrected chi connectivity index (χ0v) is 23.6. The van der Waals surface area contributed by atoms with Crippen LogP contribution in [0.5, 0.6) is 0 Å². The first-order valence-electron chi connectivity index (χ1n) is 11.7. The van der Waals surface area contributed by atoms with Crippen molar-refractivity contribution in [2.75, 3.05) is 39.1 Å². The topological polar surface area (TPSA) is 73.8 Å². The highest BCUT2D eigenvalue weighted by Crippen LogP contribution is 2.33. The standard InChI is InChI=1S/C27H29ClN4O3S2/c1-19-16-22(28)17-24-25(19)29-27(36-24)32(15-14-30(2)3)26(33)21-10-12-23(13-11-21)37(34,35)31(4)18-20-8-6-5-7-9-20/h5-13,16-17H,14-15,18H2,1-4H3. The van der Waals surface area contributed by atoms with Gasteiger partial charge in [0.2, 0.25) is 10.0 Å². The summed E-state index contributed by atoms with van der Waals surface area (Å²) in [5.41, 5.74) is 3.04. The molecule has 194 valence electrons. The number of sulfonamides is 1. The molecule has 3 aromatic carbocycles.